The quantitative estimate of drug-likeness (QED) is 0.0808. The van der Waals surface area contributed by atoms with E-state index in [9.17, 15) is 0 Å². The average molecular weight is 1800 g/mol. The minimum atomic E-state index is 0. The van der Waals surface area contributed by atoms with Gasteiger partial charge in [0.05, 0.1) is 0 Å². The average Bonchev–Trinajstić information content (AvgIpc) is 1.61. The van der Waals surface area contributed by atoms with Crippen molar-refractivity contribution in [3.63, 3.8) is 0 Å². The largest absolute Gasteiger partial charge is 1.00 e. The Balaban J connectivity index is -0.000000145. The van der Waals surface area contributed by atoms with E-state index in [2.05, 4.69) is 520 Å². The maximum Gasteiger partial charge on any atom is 1.00 e. The van der Waals surface area contributed by atoms with Crippen LogP contribution in [-0.4, -0.2) is 0 Å². The minimum absolute atomic E-state index is 0. The van der Waals surface area contributed by atoms with Crippen molar-refractivity contribution in [2.24, 2.45) is 16.2 Å². The van der Waals surface area contributed by atoms with Gasteiger partial charge in [0.15, 0.2) is 0 Å². The van der Waals surface area contributed by atoms with Gasteiger partial charge in [0.25, 0.3) is 0 Å². The van der Waals surface area contributed by atoms with Crippen LogP contribution in [-0.2, 0) is 77.0 Å². The molecule has 700 valence electrons. The molecule has 0 saturated carbocycles. The predicted molar refractivity (Wildman–Crippen MR) is 616 cm³/mol. The van der Waals surface area contributed by atoms with Crippen LogP contribution in [0.2, 0.25) is 0 Å². The number of hydrogen-bond donors (Lipinski definition) is 0. The van der Waals surface area contributed by atoms with Gasteiger partial charge in [0.1, 0.15) is 0 Å². The van der Waals surface area contributed by atoms with Crippen LogP contribution in [0.15, 0.2) is 72.8 Å². The molecule has 0 fully saturated rings. The van der Waals surface area contributed by atoms with Crippen LogP contribution in [0.3, 0.4) is 0 Å². The molecule has 0 saturated heterocycles. The Hall–Kier alpha value is -16.1. The zero-order valence-corrected chi connectivity index (χ0v) is 73.4. The molecule has 0 radical (unpaired) electrons. The normalized spacial score (nSPS) is 8.42. The van der Waals surface area contributed by atoms with Crippen molar-refractivity contribution < 1.29 is 18.9 Å². The Morgan fingerprint density at radius 3 is 0.246 bits per heavy atom. The molecule has 0 spiro atoms. The van der Waals surface area contributed by atoms with Crippen molar-refractivity contribution in [1.82, 2.24) is 0 Å². The summed E-state index contributed by atoms with van der Waals surface area (Å²) < 4.78 is 0. The predicted octanol–water partition coefficient (Wildman–Crippen LogP) is 25.2. The third-order valence-corrected chi connectivity index (χ3v) is 15.2. The van der Waals surface area contributed by atoms with E-state index in [4.69, 9.17) is 0 Å². The van der Waals surface area contributed by atoms with Crippen LogP contribution >= 0.6 is 0 Å². The molecule has 1 heteroatoms. The van der Waals surface area contributed by atoms with E-state index < -0.39 is 0 Å². The Kier molecular flexibility index (Phi) is 95.4. The summed E-state index contributed by atoms with van der Waals surface area (Å²) in [6, 6.07) is 28.2. The molecule has 0 aliphatic heterocycles. The summed E-state index contributed by atoms with van der Waals surface area (Å²) in [6.07, 6.45) is 15.1. The molecular weight excluding hydrogens is 1650 g/mol. The van der Waals surface area contributed by atoms with Crippen LogP contribution in [0.1, 0.15) is 303 Å². The summed E-state index contributed by atoms with van der Waals surface area (Å²) in [4.78, 5) is 0. The first kappa shape index (κ1) is 150. The molecule has 6 aliphatic carbocycles. The van der Waals surface area contributed by atoms with E-state index in [0.717, 1.165) is 0 Å². The molecule has 0 N–H and O–H groups in total. The molecule has 138 heavy (non-hydrogen) atoms. The summed E-state index contributed by atoms with van der Waals surface area (Å²) in [6.45, 7) is 35.9. The SMILES string of the molecule is C.C.C.C.C.C.C.C.C.C.C.C.C.C.C.C.CC#CC#CC#CC#CC#CC#CC#CC#CC#CC#CC#CC#CC#CC#CC#CC#CC#CC#CC#CC#CC#CC#CC#CC#CC#CC#CC#CC#CC#CC.CC(C)(C)C.CC(C)(C)C.CC(C)(C)C.C[C-](C)C.[Li+].c1cc2c3c(ccc4c3c1CC4)CC2.c1cc2c3c(ccc4c3c1CC4)CC2.c1cc2c3c(ccc4c3c1CC4)CC2. The molecule has 0 unspecified atom stereocenters. The van der Waals surface area contributed by atoms with Crippen molar-refractivity contribution >= 4 is 32.3 Å². The van der Waals surface area contributed by atoms with Crippen molar-refractivity contribution in [2.45, 2.75) is 314 Å². The van der Waals surface area contributed by atoms with E-state index in [-0.39, 0.29) is 138 Å². The number of benzene rings is 6. The Morgan fingerprint density at radius 1 is 0.145 bits per heavy atom. The topological polar surface area (TPSA) is 0 Å². The van der Waals surface area contributed by atoms with Gasteiger partial charge < -0.3 is 5.92 Å². The van der Waals surface area contributed by atoms with Crippen LogP contribution in [0.4, 0.5) is 0 Å². The maximum absolute atomic E-state index is 2.63. The van der Waals surface area contributed by atoms with Gasteiger partial charge in [0.2, 0.25) is 0 Å². The standard InChI is InChI=1S/C60H6.3C14H12.3C5H12.C4H9.16CH4.Li/c1-3-5-7-9-11-13-15-17-19-21-23-25-27-29-31-33-35-37-39-41-43-45-47-49-51-53-55-57-59-60-58-56-54-52-50-48-46-44-42-40-38-36-34-32-30-28-26-24-22-20-18-16-14-12-10-8-6-4-2;3*1-2-10-7-8-12-4-3-11-6-5-9(1)13(10)14(11)12;3*1-5(2,3)4;1-4(2)3;;;;;;;;;;;;;;;;;/h1-2H3;3*5-8H,1-4H2;3*1-4H3;1-3H3;16*1H4;/q;;;;;;;-1;;;;;;;;;;;;;;;;;+1. The number of hydrogen-bond acceptors (Lipinski definition) is 0. The van der Waals surface area contributed by atoms with Gasteiger partial charge in [-0.15, -0.1) is 0 Å². The molecule has 12 rings (SSSR count). The monoisotopic (exact) mass is 1800 g/mol. The second-order valence-corrected chi connectivity index (χ2v) is 31.6. The van der Waals surface area contributed by atoms with Gasteiger partial charge >= 0.3 is 18.9 Å². The van der Waals surface area contributed by atoms with Crippen molar-refractivity contribution in [1.29, 1.82) is 0 Å². The van der Waals surface area contributed by atoms with E-state index in [1.54, 1.807) is 113 Å². The van der Waals surface area contributed by atoms with Crippen LogP contribution in [0.25, 0.3) is 32.3 Å². The molecule has 0 aromatic heterocycles. The minimum Gasteiger partial charge on any atom is -0.323 e. The first-order valence-electron chi connectivity index (χ1n) is 39.2. The second kappa shape index (κ2) is 87.6. The number of rotatable bonds is 0. The fourth-order valence-corrected chi connectivity index (χ4v) is 11.3. The molecule has 0 amide bonds. The van der Waals surface area contributed by atoms with Crippen LogP contribution in [0, 0.1) is 366 Å². The van der Waals surface area contributed by atoms with Crippen molar-refractivity contribution in [3.8, 4) is 343 Å². The smallest absolute Gasteiger partial charge is 0.323 e. The summed E-state index contributed by atoms with van der Waals surface area (Å²) in [5, 5.41) is 9.65. The first-order valence-corrected chi connectivity index (χ1v) is 39.2. The van der Waals surface area contributed by atoms with Crippen LogP contribution in [0.5, 0.6) is 0 Å². The van der Waals surface area contributed by atoms with E-state index in [1.807, 2.05) is 0 Å². The first-order chi connectivity index (χ1) is 58.4. The molecule has 0 nitrogen and oxygen atoms in total. The van der Waals surface area contributed by atoms with E-state index in [0.29, 0.717) is 16.2 Å². The van der Waals surface area contributed by atoms with Gasteiger partial charge in [-0.1, -0.05) is 287 Å². The molecule has 0 atom stereocenters. The summed E-state index contributed by atoms with van der Waals surface area (Å²) in [5.74, 6) is 147. The fourth-order valence-electron chi connectivity index (χ4n) is 11.3. The van der Waals surface area contributed by atoms with Gasteiger partial charge in [-0.2, -0.15) is 20.8 Å². The van der Waals surface area contributed by atoms with Crippen molar-refractivity contribution in [2.75, 3.05) is 0 Å². The second-order valence-electron chi connectivity index (χ2n) is 31.6. The Labute approximate surface area is 863 Å². The van der Waals surface area contributed by atoms with Gasteiger partial charge in [0, 0.05) is 237 Å². The molecule has 0 heterocycles. The maximum atomic E-state index is 2.63. The zero-order chi connectivity index (χ0) is 87.5. The molecule has 6 aromatic carbocycles. The van der Waals surface area contributed by atoms with Crippen molar-refractivity contribution in [3.05, 3.63) is 145 Å². The molecular formula is C137H151Li. The Bertz CT molecular complexity index is 6270. The summed E-state index contributed by atoms with van der Waals surface area (Å²) in [5.41, 5.74) is 20.5. The third kappa shape index (κ3) is 65.5. The number of aryl methyl sites for hydroxylation is 12. The fraction of sp³-hybridized carbons (Fsp3) is 0.350. The summed E-state index contributed by atoms with van der Waals surface area (Å²) >= 11 is 0. The van der Waals surface area contributed by atoms with E-state index in [1.165, 1.54) is 83.0 Å². The van der Waals surface area contributed by atoms with Gasteiger partial charge in [-0.25, -0.2) is 0 Å². The Morgan fingerprint density at radius 2 is 0.196 bits per heavy atom. The van der Waals surface area contributed by atoms with Crippen LogP contribution < -0.4 is 18.9 Å². The van der Waals surface area contributed by atoms with Gasteiger partial charge in [-0.05, 0) is 301 Å². The van der Waals surface area contributed by atoms with Gasteiger partial charge in [-0.3, -0.25) is 0 Å². The van der Waals surface area contributed by atoms with E-state index >= 15 is 0 Å². The molecule has 6 aromatic rings. The summed E-state index contributed by atoms with van der Waals surface area (Å²) in [7, 11) is 0. The third-order valence-electron chi connectivity index (χ3n) is 15.2. The zero-order valence-electron chi connectivity index (χ0n) is 73.4. The molecule has 0 bridgehead atoms. The molecule has 6 aliphatic rings.